The van der Waals surface area contributed by atoms with Gasteiger partial charge in [-0.05, 0) is 33.4 Å². The number of aliphatic carboxylic acids is 1. The summed E-state index contributed by atoms with van der Waals surface area (Å²) in [4.78, 5) is 29.5. The summed E-state index contributed by atoms with van der Waals surface area (Å²) in [6.07, 6.45) is 0.536. The van der Waals surface area contributed by atoms with Crippen molar-refractivity contribution < 1.29 is 14.7 Å². The van der Waals surface area contributed by atoms with Crippen molar-refractivity contribution in [1.82, 2.24) is 14.7 Å². The van der Waals surface area contributed by atoms with E-state index in [1.54, 1.807) is 11.8 Å². The van der Waals surface area contributed by atoms with Gasteiger partial charge in [0, 0.05) is 32.2 Å². The predicted molar refractivity (Wildman–Crippen MR) is 75.5 cm³/mol. The van der Waals surface area contributed by atoms with Gasteiger partial charge in [-0.25, -0.2) is 4.79 Å². The summed E-state index contributed by atoms with van der Waals surface area (Å²) in [5, 5.41) is 9.24. The summed E-state index contributed by atoms with van der Waals surface area (Å²) < 4.78 is 0. The average Bonchev–Trinajstić information content (AvgIpc) is 2.93. The molecule has 0 aromatic rings. The molecule has 1 N–H and O–H groups in total. The minimum Gasteiger partial charge on any atom is -0.481 e. The second-order valence-corrected chi connectivity index (χ2v) is 6.73. The maximum atomic E-state index is 12.5. The molecule has 0 radical (unpaired) electrons. The lowest BCUT2D eigenvalue weighted by molar-refractivity contribution is -0.147. The highest BCUT2D eigenvalue weighted by Gasteiger charge is 2.44. The van der Waals surface area contributed by atoms with Gasteiger partial charge in [0.15, 0.2) is 0 Å². The normalized spacial score (nSPS) is 34.0. The molecule has 3 unspecified atom stereocenters. The quantitative estimate of drug-likeness (QED) is 0.813. The smallest absolute Gasteiger partial charge is 0.320 e. The fourth-order valence-electron chi connectivity index (χ4n) is 3.28. The monoisotopic (exact) mass is 283 g/mol. The molecule has 2 rings (SSSR count). The Morgan fingerprint density at radius 2 is 1.90 bits per heavy atom. The van der Waals surface area contributed by atoms with E-state index in [9.17, 15) is 14.7 Å². The highest BCUT2D eigenvalue weighted by Crippen LogP contribution is 2.31. The van der Waals surface area contributed by atoms with Gasteiger partial charge in [0.2, 0.25) is 0 Å². The summed E-state index contributed by atoms with van der Waals surface area (Å²) in [6, 6.07) is 0.374. The molecule has 114 valence electrons. The highest BCUT2D eigenvalue weighted by molar-refractivity contribution is 5.79. The second-order valence-electron chi connectivity index (χ2n) is 6.73. The fourth-order valence-corrected chi connectivity index (χ4v) is 3.28. The van der Waals surface area contributed by atoms with E-state index in [-0.39, 0.29) is 6.03 Å². The van der Waals surface area contributed by atoms with E-state index >= 15 is 0 Å². The molecule has 0 spiro atoms. The summed E-state index contributed by atoms with van der Waals surface area (Å²) >= 11 is 0. The lowest BCUT2D eigenvalue weighted by Gasteiger charge is -2.26. The third-order valence-corrected chi connectivity index (χ3v) is 4.77. The van der Waals surface area contributed by atoms with Crippen LogP contribution in [0.2, 0.25) is 0 Å². The molecule has 2 saturated heterocycles. The Labute approximate surface area is 120 Å². The van der Waals surface area contributed by atoms with Crippen LogP contribution in [0.1, 0.15) is 20.3 Å². The van der Waals surface area contributed by atoms with Gasteiger partial charge in [0.1, 0.15) is 0 Å². The third-order valence-electron chi connectivity index (χ3n) is 4.77. The molecule has 2 amide bonds. The van der Waals surface area contributed by atoms with E-state index < -0.39 is 11.4 Å². The van der Waals surface area contributed by atoms with E-state index in [4.69, 9.17) is 0 Å². The first-order valence-corrected chi connectivity index (χ1v) is 7.18. The van der Waals surface area contributed by atoms with Crippen LogP contribution < -0.4 is 0 Å². The van der Waals surface area contributed by atoms with Crippen molar-refractivity contribution in [3.8, 4) is 0 Å². The molecule has 3 atom stereocenters. The zero-order valence-corrected chi connectivity index (χ0v) is 12.8. The molecule has 0 bridgehead atoms. The lowest BCUT2D eigenvalue weighted by Crippen LogP contribution is -2.43. The van der Waals surface area contributed by atoms with Gasteiger partial charge in [0.25, 0.3) is 0 Å². The largest absolute Gasteiger partial charge is 0.481 e. The number of amides is 2. The van der Waals surface area contributed by atoms with Crippen molar-refractivity contribution >= 4 is 12.0 Å². The van der Waals surface area contributed by atoms with Gasteiger partial charge >= 0.3 is 12.0 Å². The van der Waals surface area contributed by atoms with Gasteiger partial charge in [-0.1, -0.05) is 6.92 Å². The maximum Gasteiger partial charge on any atom is 0.320 e. The summed E-state index contributed by atoms with van der Waals surface area (Å²) in [5.74, 6) is -0.365. The van der Waals surface area contributed by atoms with Crippen molar-refractivity contribution in [3.05, 3.63) is 0 Å². The minimum atomic E-state index is -0.811. The molecular formula is C14H25N3O3. The number of likely N-dealkylation sites (N-methyl/N-ethyl adjacent to an activating group) is 1. The number of nitrogens with zero attached hydrogens (tertiary/aromatic N) is 3. The fraction of sp³-hybridized carbons (Fsp3) is 0.857. The number of hydrogen-bond donors (Lipinski definition) is 1. The van der Waals surface area contributed by atoms with Gasteiger partial charge in [-0.3, -0.25) is 4.79 Å². The Hall–Kier alpha value is -1.30. The molecule has 2 heterocycles. The van der Waals surface area contributed by atoms with Gasteiger partial charge in [-0.15, -0.1) is 0 Å². The predicted octanol–water partition coefficient (Wildman–Crippen LogP) is 0.785. The lowest BCUT2D eigenvalue weighted by atomic mass is 9.90. The topological polar surface area (TPSA) is 64.1 Å². The number of likely N-dealkylation sites (tertiary alicyclic amines) is 2. The van der Waals surface area contributed by atoms with Crippen LogP contribution in [0, 0.1) is 11.3 Å². The van der Waals surface area contributed by atoms with Crippen LogP contribution in [0.5, 0.6) is 0 Å². The molecule has 0 saturated carbocycles. The van der Waals surface area contributed by atoms with Crippen molar-refractivity contribution in [2.75, 3.05) is 40.3 Å². The molecular weight excluding hydrogens is 258 g/mol. The molecule has 0 aliphatic carbocycles. The maximum absolute atomic E-state index is 12.5. The molecule has 6 nitrogen and oxygen atoms in total. The molecule has 2 fully saturated rings. The van der Waals surface area contributed by atoms with E-state index in [0.29, 0.717) is 31.5 Å². The van der Waals surface area contributed by atoms with Crippen LogP contribution in [0.4, 0.5) is 4.79 Å². The van der Waals surface area contributed by atoms with Crippen molar-refractivity contribution in [2.24, 2.45) is 11.3 Å². The van der Waals surface area contributed by atoms with E-state index in [1.807, 2.05) is 19.0 Å². The Morgan fingerprint density at radius 3 is 2.35 bits per heavy atom. The second kappa shape index (κ2) is 5.24. The van der Waals surface area contributed by atoms with Crippen LogP contribution in [0.15, 0.2) is 0 Å². The first-order valence-electron chi connectivity index (χ1n) is 7.18. The van der Waals surface area contributed by atoms with E-state index in [1.165, 1.54) is 0 Å². The number of hydrogen-bond acceptors (Lipinski definition) is 3. The Bertz CT molecular complexity index is 412. The summed E-state index contributed by atoms with van der Waals surface area (Å²) in [5.41, 5.74) is -0.790. The molecule has 0 aromatic heterocycles. The number of urea groups is 1. The molecule has 2 aliphatic rings. The van der Waals surface area contributed by atoms with Crippen molar-refractivity contribution in [2.45, 2.75) is 26.3 Å². The first-order chi connectivity index (χ1) is 9.24. The van der Waals surface area contributed by atoms with Crippen molar-refractivity contribution in [3.63, 3.8) is 0 Å². The Balaban J connectivity index is 1.99. The standard InChI is InChI=1S/C14H25N3O3/c1-10-7-17(8-11(10)15(3)4)13(20)16-6-5-14(2,9-16)12(18)19/h10-11H,5-9H2,1-4H3,(H,18,19). The highest BCUT2D eigenvalue weighted by atomic mass is 16.4. The van der Waals surface area contributed by atoms with Crippen LogP contribution in [-0.4, -0.2) is 78.1 Å². The Kier molecular flexibility index (Phi) is 3.95. The summed E-state index contributed by atoms with van der Waals surface area (Å²) in [6.45, 7) is 6.22. The summed E-state index contributed by atoms with van der Waals surface area (Å²) in [7, 11) is 4.07. The molecule has 2 aliphatic heterocycles. The number of rotatable bonds is 2. The van der Waals surface area contributed by atoms with E-state index in [2.05, 4.69) is 11.8 Å². The van der Waals surface area contributed by atoms with E-state index in [0.717, 1.165) is 13.1 Å². The van der Waals surface area contributed by atoms with Gasteiger partial charge in [0.05, 0.1) is 5.41 Å². The number of carboxylic acids is 1. The molecule has 0 aromatic carbocycles. The number of carbonyl (C=O) groups is 2. The van der Waals surface area contributed by atoms with Crippen LogP contribution in [0.3, 0.4) is 0 Å². The van der Waals surface area contributed by atoms with Crippen LogP contribution >= 0.6 is 0 Å². The van der Waals surface area contributed by atoms with Gasteiger partial charge < -0.3 is 19.8 Å². The molecule has 6 heteroatoms. The number of carboxylic acid groups (broad SMARTS) is 1. The zero-order valence-electron chi connectivity index (χ0n) is 12.8. The van der Waals surface area contributed by atoms with Crippen LogP contribution in [0.25, 0.3) is 0 Å². The SMILES string of the molecule is CC1CN(C(=O)N2CCC(C)(C(=O)O)C2)CC1N(C)C. The minimum absolute atomic E-state index is 0.00817. The first kappa shape index (κ1) is 15.1. The van der Waals surface area contributed by atoms with Gasteiger partial charge in [-0.2, -0.15) is 0 Å². The zero-order chi connectivity index (χ0) is 15.1. The van der Waals surface area contributed by atoms with Crippen LogP contribution in [-0.2, 0) is 4.79 Å². The number of carbonyl (C=O) groups excluding carboxylic acids is 1. The van der Waals surface area contributed by atoms with Crippen molar-refractivity contribution in [1.29, 1.82) is 0 Å². The Morgan fingerprint density at radius 1 is 1.25 bits per heavy atom. The third kappa shape index (κ3) is 2.61. The molecule has 20 heavy (non-hydrogen) atoms. The average molecular weight is 283 g/mol.